The van der Waals surface area contributed by atoms with Gasteiger partial charge in [0.25, 0.3) is 0 Å². The van der Waals surface area contributed by atoms with Crippen LogP contribution in [0.3, 0.4) is 0 Å². The van der Waals surface area contributed by atoms with E-state index in [9.17, 15) is 4.39 Å². The van der Waals surface area contributed by atoms with Crippen molar-refractivity contribution < 1.29 is 13.5 Å². The molecule has 38 heavy (non-hydrogen) atoms. The van der Waals surface area contributed by atoms with E-state index in [4.69, 9.17) is 10.5 Å². The van der Waals surface area contributed by atoms with Crippen molar-refractivity contribution in [2.45, 2.75) is 51.5 Å². The molecular weight excluding hydrogens is 492 g/mol. The van der Waals surface area contributed by atoms with Gasteiger partial charge in [-0.25, -0.2) is 9.37 Å². The normalized spacial score (nSPS) is 19.1. The molecule has 2 aliphatic heterocycles. The summed E-state index contributed by atoms with van der Waals surface area (Å²) in [6.07, 6.45) is 7.53. The van der Waals surface area contributed by atoms with Crippen molar-refractivity contribution in [3.63, 3.8) is 0 Å². The van der Waals surface area contributed by atoms with Crippen molar-refractivity contribution >= 4 is 12.0 Å². The Bertz CT molecular complexity index is 1290. The lowest BCUT2D eigenvalue weighted by atomic mass is 10.0. The summed E-state index contributed by atoms with van der Waals surface area (Å²) in [5.41, 5.74) is 7.33. The molecule has 2 aromatic heterocycles. The van der Waals surface area contributed by atoms with Gasteiger partial charge in [-0.15, -0.1) is 5.10 Å². The number of nitrogens with one attached hydrogen (secondary N) is 1. The van der Waals surface area contributed by atoms with Crippen molar-refractivity contribution in [2.24, 2.45) is 11.0 Å². The Morgan fingerprint density at radius 1 is 1.24 bits per heavy atom. The molecule has 2 atom stereocenters. The number of anilines is 1. The minimum absolute atomic E-state index is 0.0170. The number of benzene rings is 1. The second kappa shape index (κ2) is 11.4. The number of ether oxygens (including phenoxy) is 1. The average Bonchev–Trinajstić information content (AvgIpc) is 3.68. The van der Waals surface area contributed by atoms with E-state index in [-0.39, 0.29) is 35.6 Å². The Hall–Kier alpha value is -3.67. The molecule has 0 saturated carbocycles. The quantitative estimate of drug-likeness (QED) is 0.413. The molecule has 1 fully saturated rings. The summed E-state index contributed by atoms with van der Waals surface area (Å²) in [6.45, 7) is 7.23. The first-order valence-electron chi connectivity index (χ1n) is 13.1. The highest BCUT2D eigenvalue weighted by atomic mass is 19.2. The lowest BCUT2D eigenvalue weighted by Gasteiger charge is -2.17. The summed E-state index contributed by atoms with van der Waals surface area (Å²) in [5, 5.41) is 21.6. The molecule has 10 nitrogen and oxygen atoms in total. The lowest BCUT2D eigenvalue weighted by Crippen LogP contribution is -2.23. The monoisotopic (exact) mass is 525 g/mol. The Morgan fingerprint density at radius 3 is 2.89 bits per heavy atom. The van der Waals surface area contributed by atoms with Gasteiger partial charge in [-0.05, 0) is 72.3 Å². The topological polar surface area (TPSA) is 119 Å². The fraction of sp³-hybridized carbons (Fsp3) is 0.500. The van der Waals surface area contributed by atoms with Gasteiger partial charge in [0, 0.05) is 37.5 Å². The Labute approximate surface area is 220 Å². The zero-order chi connectivity index (χ0) is 26.6. The molecular formula is C26H33F2N9O. The lowest BCUT2D eigenvalue weighted by molar-refractivity contribution is 0.274. The molecule has 12 heteroatoms. The number of rotatable bonds is 10. The van der Waals surface area contributed by atoms with Crippen LogP contribution in [0.5, 0.6) is 5.75 Å². The summed E-state index contributed by atoms with van der Waals surface area (Å²) < 4.78 is 36.8. The van der Waals surface area contributed by atoms with E-state index in [1.165, 1.54) is 12.1 Å². The molecule has 3 N–H and O–H groups in total. The Balaban J connectivity index is 1.35. The van der Waals surface area contributed by atoms with E-state index in [2.05, 4.69) is 44.8 Å². The van der Waals surface area contributed by atoms with Gasteiger partial charge in [0.05, 0.1) is 12.2 Å². The van der Waals surface area contributed by atoms with Gasteiger partial charge in [0.1, 0.15) is 11.5 Å². The number of hydrogen-bond acceptors (Lipinski definition) is 9. The van der Waals surface area contributed by atoms with Crippen LogP contribution in [0.25, 0.3) is 17.1 Å². The number of hydrogen-bond donors (Lipinski definition) is 2. The number of tetrazole rings is 1. The van der Waals surface area contributed by atoms with E-state index in [1.54, 1.807) is 6.20 Å². The van der Waals surface area contributed by atoms with Crippen molar-refractivity contribution in [3.8, 4) is 22.8 Å². The third kappa shape index (κ3) is 5.59. The number of nitrogens with two attached hydrogens (primary N) is 1. The number of nitrogens with zero attached hydrogens (tertiary/aromatic N) is 7. The number of pyridine rings is 1. The first kappa shape index (κ1) is 26.0. The van der Waals surface area contributed by atoms with Crippen molar-refractivity contribution in [1.29, 1.82) is 0 Å². The highest BCUT2D eigenvalue weighted by Crippen LogP contribution is 2.31. The summed E-state index contributed by atoms with van der Waals surface area (Å²) in [5.74, 6) is -1.41. The zero-order valence-corrected chi connectivity index (χ0v) is 21.6. The van der Waals surface area contributed by atoms with E-state index < -0.39 is 11.6 Å². The predicted molar refractivity (Wildman–Crippen MR) is 140 cm³/mol. The maximum Gasteiger partial charge on any atom is 0.202 e. The highest BCUT2D eigenvalue weighted by Gasteiger charge is 2.25. The number of hydrazone groups is 1. The van der Waals surface area contributed by atoms with Gasteiger partial charge in [-0.1, -0.05) is 13.8 Å². The molecule has 5 rings (SSSR count). The molecule has 0 spiro atoms. The maximum atomic E-state index is 15.2. The molecule has 4 heterocycles. The molecule has 2 unspecified atom stereocenters. The van der Waals surface area contributed by atoms with Crippen LogP contribution in [0.2, 0.25) is 0 Å². The van der Waals surface area contributed by atoms with Crippen molar-refractivity contribution in [1.82, 2.24) is 35.5 Å². The first-order chi connectivity index (χ1) is 18.4. The molecule has 202 valence electrons. The number of aromatic nitrogens is 5. The molecule has 2 aliphatic rings. The molecule has 0 radical (unpaired) electrons. The predicted octanol–water partition coefficient (Wildman–Crippen LogP) is 3.54. The van der Waals surface area contributed by atoms with Crippen LogP contribution >= 0.6 is 0 Å². The molecule has 3 aromatic rings. The summed E-state index contributed by atoms with van der Waals surface area (Å²) in [7, 11) is 0. The van der Waals surface area contributed by atoms with Crippen LogP contribution in [0.15, 0.2) is 29.5 Å². The Kier molecular flexibility index (Phi) is 7.77. The second-order valence-corrected chi connectivity index (χ2v) is 10.2. The minimum atomic E-state index is -1.11. The molecule has 1 saturated heterocycles. The molecule has 0 amide bonds. The van der Waals surface area contributed by atoms with E-state index in [1.807, 2.05) is 17.3 Å². The fourth-order valence-corrected chi connectivity index (χ4v) is 4.75. The molecule has 1 aromatic carbocycles. The largest absolute Gasteiger partial charge is 0.490 e. The van der Waals surface area contributed by atoms with Crippen LogP contribution in [-0.2, 0) is 0 Å². The molecule has 0 aliphatic carbocycles. The van der Waals surface area contributed by atoms with E-state index in [0.717, 1.165) is 55.6 Å². The van der Waals surface area contributed by atoms with Crippen LogP contribution in [0.4, 0.5) is 14.6 Å². The molecule has 0 bridgehead atoms. The van der Waals surface area contributed by atoms with Crippen molar-refractivity contribution in [2.75, 3.05) is 32.0 Å². The average molecular weight is 526 g/mol. The smallest absolute Gasteiger partial charge is 0.202 e. The van der Waals surface area contributed by atoms with E-state index >= 15 is 4.39 Å². The third-order valence-corrected chi connectivity index (χ3v) is 7.00. The summed E-state index contributed by atoms with van der Waals surface area (Å²) in [6, 6.07) is 4.96. The van der Waals surface area contributed by atoms with Crippen LogP contribution in [0, 0.1) is 17.6 Å². The third-order valence-electron chi connectivity index (χ3n) is 7.00. The van der Waals surface area contributed by atoms with Crippen LogP contribution in [0.1, 0.15) is 51.0 Å². The Morgan fingerprint density at radius 2 is 2.11 bits per heavy atom. The van der Waals surface area contributed by atoms with Gasteiger partial charge in [0.15, 0.2) is 17.4 Å². The van der Waals surface area contributed by atoms with Gasteiger partial charge >= 0.3 is 0 Å². The SMILES string of the molecule is CC(C)CCN1CC(c2cnc(N)c(-c3nnnn3-c3ccc(OCCC4CCCN4)c(F)c3F)c2)C=N1. The van der Waals surface area contributed by atoms with Gasteiger partial charge in [-0.3, -0.25) is 5.01 Å². The minimum Gasteiger partial charge on any atom is -0.490 e. The zero-order valence-electron chi connectivity index (χ0n) is 21.6. The standard InChI is InChI=1S/C26H33F2N9O/c1-16(2)7-10-36-15-18(14-32-36)17-12-20(25(29)31-13-17)26-33-34-35-37(26)21-5-6-22(24(28)23(21)27)38-11-8-19-4-3-9-30-19/h5-6,12-14,16,18-19,30H,3-4,7-11,15H2,1-2H3,(H2,29,31). The van der Waals surface area contributed by atoms with Gasteiger partial charge in [-0.2, -0.15) is 14.2 Å². The van der Waals surface area contributed by atoms with Crippen LogP contribution < -0.4 is 15.8 Å². The first-order valence-corrected chi connectivity index (χ1v) is 13.1. The summed E-state index contributed by atoms with van der Waals surface area (Å²) in [4.78, 5) is 4.33. The van der Waals surface area contributed by atoms with Gasteiger partial charge in [0.2, 0.25) is 5.82 Å². The van der Waals surface area contributed by atoms with Gasteiger partial charge < -0.3 is 15.8 Å². The van der Waals surface area contributed by atoms with E-state index in [0.29, 0.717) is 17.5 Å². The summed E-state index contributed by atoms with van der Waals surface area (Å²) >= 11 is 0. The van der Waals surface area contributed by atoms with Crippen molar-refractivity contribution in [3.05, 3.63) is 41.6 Å². The number of nitrogen functional groups attached to an aromatic ring is 1. The fourth-order valence-electron chi connectivity index (χ4n) is 4.75. The maximum absolute atomic E-state index is 15.2. The van der Waals surface area contributed by atoms with Crippen LogP contribution in [-0.4, -0.2) is 68.7 Å². The highest BCUT2D eigenvalue weighted by molar-refractivity contribution is 5.74. The second-order valence-electron chi connectivity index (χ2n) is 10.2. The number of halogens is 2.